The maximum atomic E-state index is 12.0. The van der Waals surface area contributed by atoms with E-state index in [1.54, 1.807) is 61.7 Å². The number of carbonyl (C=O) groups excluding carboxylic acids is 6. The van der Waals surface area contributed by atoms with E-state index in [9.17, 15) is 33.9 Å². The lowest BCUT2D eigenvalue weighted by Crippen LogP contribution is -2.38. The van der Waals surface area contributed by atoms with Crippen molar-refractivity contribution in [1.82, 2.24) is 24.5 Å². The van der Waals surface area contributed by atoms with E-state index in [2.05, 4.69) is 164 Å². The monoisotopic (exact) mass is 1630 g/mol. The van der Waals surface area contributed by atoms with Crippen molar-refractivity contribution in [1.29, 1.82) is 0 Å². The SMILES string of the molecule is C/C=C/CC.CC/C=C(\C)CCC=C(C)C.CC/C=C(\C)CCCC(C)(C)O.CC/C=C/CC.CC/C=C/N1C(=O)c2ccccc2C1=O.CCC1=CCCCC1.CCC1=CCCCN1C(=O)OC(C)(C)C.CCC1=CCCN1C(=O)OC(C)(C)C.CCC1=CN(C(=O)OC(C)(C)C)CCC1.CCCC1=CCCCN1C(=O)OC(C)(C)C. The summed E-state index contributed by atoms with van der Waals surface area (Å²) in [5.74, 6) is -0.472. The van der Waals surface area contributed by atoms with E-state index in [4.69, 9.17) is 18.9 Å². The van der Waals surface area contributed by atoms with Gasteiger partial charge >= 0.3 is 24.4 Å². The fraction of sp³-hybridized carbons (Fsp3) is 0.663. The number of hydrogen-bond acceptors (Lipinski definition) is 11. The third-order valence-electron chi connectivity index (χ3n) is 17.9. The average molecular weight is 1630 g/mol. The molecule has 0 radical (unpaired) electrons. The highest BCUT2D eigenvalue weighted by molar-refractivity contribution is 6.22. The van der Waals surface area contributed by atoms with Gasteiger partial charge in [0.1, 0.15) is 22.4 Å². The lowest BCUT2D eigenvalue weighted by molar-refractivity contribution is 0.0286. The molecular formula is C101H173N5O11. The van der Waals surface area contributed by atoms with Gasteiger partial charge in [0.05, 0.1) is 16.7 Å². The number of ether oxygens (including phenoxy) is 4. The molecule has 6 amide bonds. The van der Waals surface area contributed by atoms with Gasteiger partial charge < -0.3 is 24.1 Å². The Morgan fingerprint density at radius 1 is 0.444 bits per heavy atom. The van der Waals surface area contributed by atoms with Crippen LogP contribution in [0.4, 0.5) is 19.2 Å². The Morgan fingerprint density at radius 2 is 0.863 bits per heavy atom. The Bertz CT molecular complexity index is 3270. The summed E-state index contributed by atoms with van der Waals surface area (Å²) in [5.41, 5.74) is 9.55. The molecule has 1 aliphatic carbocycles. The molecule has 16 nitrogen and oxygen atoms in total. The van der Waals surface area contributed by atoms with Crippen LogP contribution in [0.3, 0.4) is 0 Å². The largest absolute Gasteiger partial charge is 0.443 e. The molecule has 16 heteroatoms. The van der Waals surface area contributed by atoms with Crippen molar-refractivity contribution < 1.29 is 52.8 Å². The zero-order valence-corrected chi connectivity index (χ0v) is 80.3. The van der Waals surface area contributed by atoms with Crippen molar-refractivity contribution in [3.63, 3.8) is 0 Å². The summed E-state index contributed by atoms with van der Waals surface area (Å²) in [4.78, 5) is 78.9. The molecule has 5 aliphatic heterocycles. The van der Waals surface area contributed by atoms with Gasteiger partial charge in [0.15, 0.2) is 0 Å². The highest BCUT2D eigenvalue weighted by Gasteiger charge is 2.34. The molecule has 1 aromatic rings. The summed E-state index contributed by atoms with van der Waals surface area (Å²) in [6.45, 7) is 63.6. The minimum atomic E-state index is -0.494. The molecule has 0 saturated heterocycles. The van der Waals surface area contributed by atoms with Crippen LogP contribution in [-0.2, 0) is 18.9 Å². The van der Waals surface area contributed by atoms with Crippen molar-refractivity contribution in [3.8, 4) is 0 Å². The molecule has 117 heavy (non-hydrogen) atoms. The summed E-state index contributed by atoms with van der Waals surface area (Å²) in [6.07, 6.45) is 59.7. The maximum absolute atomic E-state index is 12.0. The van der Waals surface area contributed by atoms with Crippen LogP contribution in [0.15, 0.2) is 155 Å². The molecule has 7 rings (SSSR count). The van der Waals surface area contributed by atoms with Gasteiger partial charge in [-0.15, -0.1) is 0 Å². The first-order valence-electron chi connectivity index (χ1n) is 44.9. The van der Waals surface area contributed by atoms with Crippen molar-refractivity contribution >= 4 is 36.2 Å². The molecule has 0 bridgehead atoms. The van der Waals surface area contributed by atoms with Gasteiger partial charge in [-0.2, -0.15) is 0 Å². The van der Waals surface area contributed by atoms with Crippen LogP contribution in [0.5, 0.6) is 0 Å². The number of nitrogens with zero attached hydrogens (tertiary/aromatic N) is 5. The number of amides is 6. The molecule has 0 fully saturated rings. The second-order valence-corrected chi connectivity index (χ2v) is 34.9. The highest BCUT2D eigenvalue weighted by Crippen LogP contribution is 2.28. The first kappa shape index (κ1) is 114. The molecule has 0 spiro atoms. The Kier molecular flexibility index (Phi) is 62.6. The van der Waals surface area contributed by atoms with Crippen molar-refractivity contribution in [2.75, 3.05) is 26.2 Å². The van der Waals surface area contributed by atoms with Crippen LogP contribution in [0, 0.1) is 0 Å². The van der Waals surface area contributed by atoms with Gasteiger partial charge in [-0.1, -0.05) is 195 Å². The van der Waals surface area contributed by atoms with E-state index < -0.39 is 28.0 Å². The normalized spacial score (nSPS) is 15.5. The van der Waals surface area contributed by atoms with Gasteiger partial charge in [0.25, 0.3) is 11.8 Å². The molecule has 668 valence electrons. The van der Waals surface area contributed by atoms with Gasteiger partial charge in [-0.05, 0) is 317 Å². The lowest BCUT2D eigenvalue weighted by atomic mass is 9.98. The molecule has 6 aliphatic rings. The van der Waals surface area contributed by atoms with Crippen molar-refractivity contribution in [3.05, 3.63) is 166 Å². The molecule has 1 N–H and O–H groups in total. The molecule has 5 heterocycles. The first-order chi connectivity index (χ1) is 54.9. The standard InChI is InChI=1S/C13H23NO2.C12H11NO2.2C12H21NO2.C11H19NO2.C11H22O.C11H20.C8H14.C6H12.C5H10/c1-5-8-11-9-6-7-10-14(11)12(15)16-13(2,3)4;1-2-3-8-13-11(14)9-6-4-5-7-10(9)12(13)15;1-5-10-7-6-8-13(9-10)11(14)15-12(2,3)4;1-5-10-8-6-7-9-13(10)11(14)15-12(2,3)4;1-5-9-7-6-8-12(9)10(13)14-11(2,3)4;1-5-7-10(2)8-6-9-11(3,4)12;1-5-7-11(4)9-6-8-10(2)3;1-2-8-6-4-3-5-7-8;1-3-5-6-4-2;1-3-5-4-2/h9H,5-8,10H2,1-4H3;3-8H,2H2,1H3;9H,5-8H2,1-4H3;8H,5-7,9H2,1-4H3;7H,5-6,8H2,1-4H3;7,12H,5-6,8-9H2,1-4H3;7-8H,5-6,9H2,1-4H3;6H,2-5,7H2,1H3;5-6H,3-4H2,1-2H3;3,5H,4H2,1-2H3/b;8-3+;;;;10-7+;11-7+;;6-5+;5-3+. The van der Waals surface area contributed by atoms with Crippen LogP contribution in [0.2, 0.25) is 0 Å². The zero-order chi connectivity index (χ0) is 89.8. The third kappa shape index (κ3) is 59.0. The minimum Gasteiger partial charge on any atom is -0.443 e. The molecule has 0 saturated carbocycles. The van der Waals surface area contributed by atoms with E-state index in [1.807, 2.05) is 117 Å². The Balaban J connectivity index is -0.00000125. The topological polar surface area (TPSA) is 176 Å². The summed E-state index contributed by atoms with van der Waals surface area (Å²) >= 11 is 0. The van der Waals surface area contributed by atoms with Gasteiger partial charge in [0, 0.05) is 55.7 Å². The van der Waals surface area contributed by atoms with Crippen LogP contribution >= 0.6 is 0 Å². The van der Waals surface area contributed by atoms with Crippen LogP contribution in [-0.4, -0.2) is 120 Å². The smallest absolute Gasteiger partial charge is 0.414 e. The van der Waals surface area contributed by atoms with E-state index in [1.165, 1.54) is 86.5 Å². The fourth-order valence-corrected chi connectivity index (χ4v) is 12.1. The predicted molar refractivity (Wildman–Crippen MR) is 497 cm³/mol. The lowest BCUT2D eigenvalue weighted by Gasteiger charge is -2.31. The summed E-state index contributed by atoms with van der Waals surface area (Å²) in [7, 11) is 0. The second-order valence-electron chi connectivity index (χ2n) is 34.9. The van der Waals surface area contributed by atoms with E-state index in [-0.39, 0.29) is 36.2 Å². The number of imide groups is 1. The van der Waals surface area contributed by atoms with E-state index in [0.29, 0.717) is 11.1 Å². The third-order valence-corrected chi connectivity index (χ3v) is 17.9. The van der Waals surface area contributed by atoms with Gasteiger partial charge in [-0.3, -0.25) is 29.2 Å². The Hall–Kier alpha value is -7.46. The number of rotatable bonds is 20. The first-order valence-corrected chi connectivity index (χ1v) is 44.9. The summed E-state index contributed by atoms with van der Waals surface area (Å²) < 4.78 is 21.4. The van der Waals surface area contributed by atoms with E-state index >= 15 is 0 Å². The predicted octanol–water partition coefficient (Wildman–Crippen LogP) is 30.1. The summed E-state index contributed by atoms with van der Waals surface area (Å²) in [6, 6.07) is 6.87. The number of aliphatic hydroxyl groups is 1. The number of hydrogen-bond donors (Lipinski definition) is 1. The van der Waals surface area contributed by atoms with Crippen molar-refractivity contribution in [2.24, 2.45) is 0 Å². The maximum Gasteiger partial charge on any atom is 0.414 e. The fourth-order valence-electron chi connectivity index (χ4n) is 12.1. The van der Waals surface area contributed by atoms with Gasteiger partial charge in [0.2, 0.25) is 0 Å². The average Bonchev–Trinajstić information content (AvgIpc) is 1.81. The number of carbonyl (C=O) groups is 6. The molecular weight excluding hydrogens is 1460 g/mol. The Labute approximate surface area is 717 Å². The van der Waals surface area contributed by atoms with Crippen LogP contribution in [0.1, 0.15) is 408 Å². The number of fused-ring (bicyclic) bond motifs is 1. The number of allylic oxidation sites excluding steroid dienone is 19. The second kappa shape index (κ2) is 64.5. The van der Waals surface area contributed by atoms with E-state index in [0.717, 1.165) is 164 Å². The Morgan fingerprint density at radius 3 is 1.24 bits per heavy atom. The van der Waals surface area contributed by atoms with Gasteiger partial charge in [-0.25, -0.2) is 24.1 Å². The summed E-state index contributed by atoms with van der Waals surface area (Å²) in [5, 5.41) is 9.44. The quantitative estimate of drug-likeness (QED) is 0.0747. The highest BCUT2D eigenvalue weighted by atomic mass is 16.6. The number of benzene rings is 1. The van der Waals surface area contributed by atoms with Crippen molar-refractivity contribution in [2.45, 2.75) is 416 Å². The zero-order valence-electron chi connectivity index (χ0n) is 80.3. The molecule has 0 aromatic heterocycles. The molecule has 0 unspecified atom stereocenters. The van der Waals surface area contributed by atoms with Crippen LogP contribution < -0.4 is 0 Å². The van der Waals surface area contributed by atoms with Crippen LogP contribution in [0.25, 0.3) is 0 Å². The molecule has 0 atom stereocenters. The molecule has 1 aromatic carbocycles. The minimum absolute atomic E-state index is 0.202.